The smallest absolute Gasteiger partial charge is 0.231 e. The molecule has 0 unspecified atom stereocenters. The zero-order chi connectivity index (χ0) is 10.6. The van der Waals surface area contributed by atoms with Gasteiger partial charge in [-0.25, -0.2) is 0 Å². The fourth-order valence-electron chi connectivity index (χ4n) is 0.882. The van der Waals surface area contributed by atoms with Crippen molar-refractivity contribution < 1.29 is 4.79 Å². The summed E-state index contributed by atoms with van der Waals surface area (Å²) in [5, 5.41) is 2.81. The Hall–Kier alpha value is -1.02. The molecule has 1 aromatic carbocycles. The molecule has 3 heteroatoms. The van der Waals surface area contributed by atoms with E-state index in [2.05, 4.69) is 5.32 Å². The lowest BCUT2D eigenvalue weighted by molar-refractivity contribution is -0.122. The Morgan fingerprint density at radius 1 is 1.36 bits per heavy atom. The lowest BCUT2D eigenvalue weighted by atomic mass is 9.95. The van der Waals surface area contributed by atoms with Gasteiger partial charge in [-0.2, -0.15) is 0 Å². The van der Waals surface area contributed by atoms with E-state index in [9.17, 15) is 4.79 Å². The maximum atomic E-state index is 11.7. The molecule has 0 aliphatic carbocycles. The fourth-order valence-corrected chi connectivity index (χ4v) is 1.00. The third-order valence-electron chi connectivity index (χ3n) is 1.98. The van der Waals surface area contributed by atoms with Crippen molar-refractivity contribution >= 4 is 23.2 Å². The van der Waals surface area contributed by atoms with Crippen LogP contribution < -0.4 is 5.32 Å². The largest absolute Gasteiger partial charge is 0.326 e. The number of anilines is 1. The van der Waals surface area contributed by atoms with Gasteiger partial charge in [0, 0.05) is 11.6 Å². The minimum atomic E-state index is -0.530. The van der Waals surface area contributed by atoms with E-state index in [1.807, 2.05) is 44.2 Å². The molecule has 0 atom stereocenters. The van der Waals surface area contributed by atoms with Crippen LogP contribution in [0.5, 0.6) is 0 Å². The molecule has 2 nitrogen and oxygen atoms in total. The number of halogens is 1. The average molecular weight is 212 g/mol. The van der Waals surface area contributed by atoms with Crippen LogP contribution in [-0.4, -0.2) is 11.8 Å². The Morgan fingerprint density at radius 3 is 2.43 bits per heavy atom. The lowest BCUT2D eigenvalue weighted by Crippen LogP contribution is -2.32. The molecule has 0 radical (unpaired) electrons. The van der Waals surface area contributed by atoms with Crippen molar-refractivity contribution in [1.29, 1.82) is 0 Å². The van der Waals surface area contributed by atoms with Gasteiger partial charge in [0.25, 0.3) is 0 Å². The van der Waals surface area contributed by atoms with Crippen LogP contribution in [-0.2, 0) is 4.79 Å². The maximum Gasteiger partial charge on any atom is 0.231 e. The van der Waals surface area contributed by atoms with Crippen molar-refractivity contribution in [2.75, 3.05) is 11.2 Å². The maximum absolute atomic E-state index is 11.7. The quantitative estimate of drug-likeness (QED) is 0.766. The third-order valence-corrected chi connectivity index (χ3v) is 2.65. The standard InChI is InChI=1S/C11H14ClNO/c1-11(2,8-12)10(14)13-9-6-4-3-5-7-9/h3-7H,8H2,1-2H3,(H,13,14). The van der Waals surface area contributed by atoms with Crippen LogP contribution in [0.15, 0.2) is 30.3 Å². The predicted molar refractivity (Wildman–Crippen MR) is 59.6 cm³/mol. The zero-order valence-electron chi connectivity index (χ0n) is 8.38. The van der Waals surface area contributed by atoms with Gasteiger partial charge in [0.15, 0.2) is 0 Å². The Kier molecular flexibility index (Phi) is 3.53. The van der Waals surface area contributed by atoms with Crippen molar-refractivity contribution in [2.45, 2.75) is 13.8 Å². The molecule has 0 heterocycles. The molecule has 0 aromatic heterocycles. The first kappa shape index (κ1) is 11.1. The molecule has 0 saturated carbocycles. The number of alkyl halides is 1. The number of para-hydroxylation sites is 1. The molecule has 0 aliphatic rings. The number of amides is 1. The lowest BCUT2D eigenvalue weighted by Gasteiger charge is -2.20. The van der Waals surface area contributed by atoms with Gasteiger partial charge in [0.2, 0.25) is 5.91 Å². The van der Waals surface area contributed by atoms with Gasteiger partial charge in [-0.1, -0.05) is 18.2 Å². The highest BCUT2D eigenvalue weighted by atomic mass is 35.5. The van der Waals surface area contributed by atoms with Crippen LogP contribution in [0.3, 0.4) is 0 Å². The molecule has 0 fully saturated rings. The van der Waals surface area contributed by atoms with E-state index in [0.29, 0.717) is 5.88 Å². The van der Waals surface area contributed by atoms with E-state index in [4.69, 9.17) is 11.6 Å². The van der Waals surface area contributed by atoms with Gasteiger partial charge < -0.3 is 5.32 Å². The Labute approximate surface area is 89.3 Å². The molecule has 1 rings (SSSR count). The molecule has 0 aliphatic heterocycles. The molecule has 1 N–H and O–H groups in total. The van der Waals surface area contributed by atoms with Crippen LogP contribution >= 0.6 is 11.6 Å². The van der Waals surface area contributed by atoms with E-state index in [1.54, 1.807) is 0 Å². The fraction of sp³-hybridized carbons (Fsp3) is 0.364. The van der Waals surface area contributed by atoms with E-state index >= 15 is 0 Å². The Balaban J connectivity index is 2.67. The summed E-state index contributed by atoms with van der Waals surface area (Å²) in [7, 11) is 0. The molecule has 0 spiro atoms. The minimum Gasteiger partial charge on any atom is -0.326 e. The monoisotopic (exact) mass is 211 g/mol. The van der Waals surface area contributed by atoms with Crippen molar-refractivity contribution in [3.63, 3.8) is 0 Å². The van der Waals surface area contributed by atoms with Gasteiger partial charge in [-0.3, -0.25) is 4.79 Å². The molecule has 76 valence electrons. The number of benzene rings is 1. The second-order valence-corrected chi connectivity index (χ2v) is 4.10. The van der Waals surface area contributed by atoms with Gasteiger partial charge in [-0.15, -0.1) is 11.6 Å². The molecule has 14 heavy (non-hydrogen) atoms. The molecule has 0 saturated heterocycles. The zero-order valence-corrected chi connectivity index (χ0v) is 9.14. The Bertz CT molecular complexity index is 308. The highest BCUT2D eigenvalue weighted by Crippen LogP contribution is 2.19. The van der Waals surface area contributed by atoms with E-state index in [1.165, 1.54) is 0 Å². The predicted octanol–water partition coefficient (Wildman–Crippen LogP) is 2.89. The van der Waals surface area contributed by atoms with Gasteiger partial charge >= 0.3 is 0 Å². The van der Waals surface area contributed by atoms with Crippen molar-refractivity contribution in [3.05, 3.63) is 30.3 Å². The van der Waals surface area contributed by atoms with Gasteiger partial charge in [0.05, 0.1) is 5.41 Å². The molecule has 1 amide bonds. The number of hydrogen-bond donors (Lipinski definition) is 1. The molecular formula is C11H14ClNO. The second kappa shape index (κ2) is 4.47. The van der Waals surface area contributed by atoms with Crippen LogP contribution in [0.2, 0.25) is 0 Å². The first-order valence-electron chi connectivity index (χ1n) is 4.49. The van der Waals surface area contributed by atoms with Crippen molar-refractivity contribution in [1.82, 2.24) is 0 Å². The minimum absolute atomic E-state index is 0.0568. The number of carbonyl (C=O) groups excluding carboxylic acids is 1. The van der Waals surface area contributed by atoms with E-state index < -0.39 is 5.41 Å². The van der Waals surface area contributed by atoms with E-state index in [-0.39, 0.29) is 5.91 Å². The van der Waals surface area contributed by atoms with Crippen LogP contribution in [0.1, 0.15) is 13.8 Å². The summed E-state index contributed by atoms with van der Waals surface area (Å²) in [5.74, 6) is 0.254. The topological polar surface area (TPSA) is 29.1 Å². The van der Waals surface area contributed by atoms with Gasteiger partial charge in [-0.05, 0) is 26.0 Å². The summed E-state index contributed by atoms with van der Waals surface area (Å²) in [6.07, 6.45) is 0. The number of hydrogen-bond acceptors (Lipinski definition) is 1. The summed E-state index contributed by atoms with van der Waals surface area (Å²) in [5.41, 5.74) is 0.271. The first-order valence-corrected chi connectivity index (χ1v) is 5.02. The van der Waals surface area contributed by atoms with Gasteiger partial charge in [0.1, 0.15) is 0 Å². The number of nitrogens with one attached hydrogen (secondary N) is 1. The molecule has 0 bridgehead atoms. The second-order valence-electron chi connectivity index (χ2n) is 3.84. The highest BCUT2D eigenvalue weighted by molar-refractivity contribution is 6.20. The first-order chi connectivity index (χ1) is 6.56. The third kappa shape index (κ3) is 2.74. The molecule has 1 aromatic rings. The van der Waals surface area contributed by atoms with Crippen LogP contribution in [0.4, 0.5) is 5.69 Å². The summed E-state index contributed by atoms with van der Waals surface area (Å²) in [6, 6.07) is 9.36. The Morgan fingerprint density at radius 2 is 1.93 bits per heavy atom. The summed E-state index contributed by atoms with van der Waals surface area (Å²) < 4.78 is 0. The summed E-state index contributed by atoms with van der Waals surface area (Å²) in [6.45, 7) is 3.64. The summed E-state index contributed by atoms with van der Waals surface area (Å²) >= 11 is 5.69. The van der Waals surface area contributed by atoms with Crippen LogP contribution in [0.25, 0.3) is 0 Å². The number of carbonyl (C=O) groups is 1. The highest BCUT2D eigenvalue weighted by Gasteiger charge is 2.26. The van der Waals surface area contributed by atoms with Crippen molar-refractivity contribution in [3.8, 4) is 0 Å². The summed E-state index contributed by atoms with van der Waals surface area (Å²) in [4.78, 5) is 11.7. The SMILES string of the molecule is CC(C)(CCl)C(=O)Nc1ccccc1. The van der Waals surface area contributed by atoms with Crippen molar-refractivity contribution in [2.24, 2.45) is 5.41 Å². The van der Waals surface area contributed by atoms with E-state index in [0.717, 1.165) is 5.69 Å². The average Bonchev–Trinajstić information content (AvgIpc) is 2.19. The normalized spacial score (nSPS) is 11.1. The van der Waals surface area contributed by atoms with Crippen LogP contribution in [0, 0.1) is 5.41 Å². The number of rotatable bonds is 3. The molecular weight excluding hydrogens is 198 g/mol.